The molecule has 1 atom stereocenters. The lowest BCUT2D eigenvalue weighted by Gasteiger charge is -2.23. The van der Waals surface area contributed by atoms with Gasteiger partial charge in [0.05, 0.1) is 18.2 Å². The molecule has 2 aromatic heterocycles. The Morgan fingerprint density at radius 1 is 1.20 bits per heavy atom. The van der Waals surface area contributed by atoms with Crippen molar-refractivity contribution in [3.05, 3.63) is 71.8 Å². The minimum Gasteiger partial charge on any atom is -0.497 e. The van der Waals surface area contributed by atoms with Gasteiger partial charge in [-0.3, -0.25) is 9.78 Å². The van der Waals surface area contributed by atoms with Crippen LogP contribution in [0.15, 0.2) is 54.9 Å². The fourth-order valence-electron chi connectivity index (χ4n) is 3.73. The first kappa shape index (κ1) is 19.8. The van der Waals surface area contributed by atoms with E-state index in [4.69, 9.17) is 9.72 Å². The summed E-state index contributed by atoms with van der Waals surface area (Å²) in [6, 6.07) is 13.4. The molecule has 1 aromatic carbocycles. The van der Waals surface area contributed by atoms with Crippen LogP contribution in [0.3, 0.4) is 0 Å². The van der Waals surface area contributed by atoms with Gasteiger partial charge in [0.2, 0.25) is 11.9 Å². The number of pyridine rings is 1. The SMILES string of the molecule is COc1cccc(Nc2ncc3c(n2)C(C)(C(=O)NCCc2ccccn2)CC3)c1. The zero-order valence-corrected chi connectivity index (χ0v) is 17.2. The molecule has 4 rings (SSSR count). The number of carbonyl (C=O) groups is 1. The maximum absolute atomic E-state index is 13.0. The molecule has 1 amide bonds. The van der Waals surface area contributed by atoms with Crippen molar-refractivity contribution < 1.29 is 9.53 Å². The summed E-state index contributed by atoms with van der Waals surface area (Å²) in [5.74, 6) is 1.21. The summed E-state index contributed by atoms with van der Waals surface area (Å²) in [6.07, 6.45) is 5.78. The molecule has 7 heteroatoms. The summed E-state index contributed by atoms with van der Waals surface area (Å²) in [7, 11) is 1.63. The highest BCUT2D eigenvalue weighted by Crippen LogP contribution is 2.38. The summed E-state index contributed by atoms with van der Waals surface area (Å²) < 4.78 is 5.26. The molecular formula is C23H25N5O2. The molecule has 0 saturated heterocycles. The van der Waals surface area contributed by atoms with Crippen LogP contribution in [0.25, 0.3) is 0 Å². The number of fused-ring (bicyclic) bond motifs is 1. The number of hydrogen-bond acceptors (Lipinski definition) is 6. The molecule has 2 heterocycles. The van der Waals surface area contributed by atoms with Gasteiger partial charge >= 0.3 is 0 Å². The van der Waals surface area contributed by atoms with Gasteiger partial charge in [-0.15, -0.1) is 0 Å². The normalized spacial score (nSPS) is 17.3. The molecule has 0 fully saturated rings. The molecule has 0 saturated carbocycles. The van der Waals surface area contributed by atoms with E-state index in [-0.39, 0.29) is 5.91 Å². The number of hydrogen-bond donors (Lipinski definition) is 2. The number of nitrogens with zero attached hydrogens (tertiary/aromatic N) is 3. The van der Waals surface area contributed by atoms with Crippen molar-refractivity contribution in [2.24, 2.45) is 0 Å². The number of ether oxygens (including phenoxy) is 1. The van der Waals surface area contributed by atoms with Gasteiger partial charge in [-0.2, -0.15) is 0 Å². The summed E-state index contributed by atoms with van der Waals surface area (Å²) >= 11 is 0. The lowest BCUT2D eigenvalue weighted by Crippen LogP contribution is -2.42. The highest BCUT2D eigenvalue weighted by molar-refractivity contribution is 5.88. The Kier molecular flexibility index (Phi) is 5.61. The first-order valence-corrected chi connectivity index (χ1v) is 10.0. The molecular weight excluding hydrogens is 378 g/mol. The summed E-state index contributed by atoms with van der Waals surface area (Å²) in [5.41, 5.74) is 2.93. The van der Waals surface area contributed by atoms with Gasteiger partial charge in [0.25, 0.3) is 0 Å². The molecule has 154 valence electrons. The number of aryl methyl sites for hydroxylation is 1. The Balaban J connectivity index is 1.47. The molecule has 7 nitrogen and oxygen atoms in total. The van der Waals surface area contributed by atoms with E-state index >= 15 is 0 Å². The van der Waals surface area contributed by atoms with E-state index < -0.39 is 5.41 Å². The maximum atomic E-state index is 13.0. The summed E-state index contributed by atoms with van der Waals surface area (Å²) in [6.45, 7) is 2.50. The van der Waals surface area contributed by atoms with E-state index in [0.29, 0.717) is 18.9 Å². The monoisotopic (exact) mass is 403 g/mol. The van der Waals surface area contributed by atoms with E-state index in [1.165, 1.54) is 0 Å². The smallest absolute Gasteiger partial charge is 0.232 e. The van der Waals surface area contributed by atoms with Crippen molar-refractivity contribution in [3.8, 4) is 5.75 Å². The third-order valence-corrected chi connectivity index (χ3v) is 5.50. The van der Waals surface area contributed by atoms with Crippen LogP contribution >= 0.6 is 0 Å². The van der Waals surface area contributed by atoms with Gasteiger partial charge < -0.3 is 15.4 Å². The lowest BCUT2D eigenvalue weighted by atomic mass is 9.86. The fourth-order valence-corrected chi connectivity index (χ4v) is 3.73. The van der Waals surface area contributed by atoms with Crippen molar-refractivity contribution in [1.29, 1.82) is 0 Å². The topological polar surface area (TPSA) is 89.0 Å². The zero-order valence-electron chi connectivity index (χ0n) is 17.2. The minimum absolute atomic E-state index is 0.0109. The molecule has 0 spiro atoms. The Bertz CT molecular complexity index is 1040. The number of aromatic nitrogens is 3. The third kappa shape index (κ3) is 4.10. The van der Waals surface area contributed by atoms with Gasteiger partial charge in [-0.25, -0.2) is 9.97 Å². The van der Waals surface area contributed by atoms with Crippen LogP contribution < -0.4 is 15.4 Å². The van der Waals surface area contributed by atoms with Gasteiger partial charge in [0.15, 0.2) is 0 Å². The molecule has 3 aromatic rings. The van der Waals surface area contributed by atoms with Gasteiger partial charge in [-0.1, -0.05) is 12.1 Å². The van der Waals surface area contributed by atoms with Crippen LogP contribution in [0.4, 0.5) is 11.6 Å². The Labute approximate surface area is 175 Å². The summed E-state index contributed by atoms with van der Waals surface area (Å²) in [5, 5.41) is 6.27. The molecule has 30 heavy (non-hydrogen) atoms. The van der Waals surface area contributed by atoms with Gasteiger partial charge in [-0.05, 0) is 49.6 Å². The van der Waals surface area contributed by atoms with Crippen LogP contribution in [0, 0.1) is 0 Å². The first-order chi connectivity index (χ1) is 14.6. The standard InChI is InChI=1S/C23H25N5O2/c1-23(21(29)25-13-10-17-6-3-4-12-24-17)11-9-16-15-26-22(28-20(16)23)27-18-7-5-8-19(14-18)30-2/h3-8,12,14-15H,9-11,13H2,1-2H3,(H,25,29)(H,26,27,28). The average Bonchev–Trinajstić information content (AvgIpc) is 3.12. The minimum atomic E-state index is -0.673. The predicted octanol–water partition coefficient (Wildman–Crippen LogP) is 3.19. The van der Waals surface area contributed by atoms with Gasteiger partial charge in [0, 0.05) is 42.8 Å². The van der Waals surface area contributed by atoms with Crippen molar-refractivity contribution in [1.82, 2.24) is 20.3 Å². The second-order valence-corrected chi connectivity index (χ2v) is 7.58. The Morgan fingerprint density at radius 3 is 2.90 bits per heavy atom. The van der Waals surface area contributed by atoms with E-state index in [1.807, 2.05) is 55.6 Å². The van der Waals surface area contributed by atoms with Crippen LogP contribution in [0.1, 0.15) is 30.3 Å². The number of amides is 1. The Hall–Kier alpha value is -3.48. The van der Waals surface area contributed by atoms with Crippen LogP contribution in [0.2, 0.25) is 0 Å². The van der Waals surface area contributed by atoms with Crippen LogP contribution in [0.5, 0.6) is 5.75 Å². The second-order valence-electron chi connectivity index (χ2n) is 7.58. The number of nitrogens with one attached hydrogen (secondary N) is 2. The highest BCUT2D eigenvalue weighted by Gasteiger charge is 2.42. The van der Waals surface area contributed by atoms with Crippen molar-refractivity contribution in [2.75, 3.05) is 19.0 Å². The number of benzene rings is 1. The van der Waals surface area contributed by atoms with Gasteiger partial charge in [0.1, 0.15) is 5.75 Å². The maximum Gasteiger partial charge on any atom is 0.232 e. The highest BCUT2D eigenvalue weighted by atomic mass is 16.5. The molecule has 0 bridgehead atoms. The van der Waals surface area contributed by atoms with Crippen molar-refractivity contribution in [3.63, 3.8) is 0 Å². The van der Waals surface area contributed by atoms with E-state index in [9.17, 15) is 4.79 Å². The molecule has 0 aliphatic heterocycles. The second kappa shape index (κ2) is 8.49. The number of carbonyl (C=O) groups excluding carboxylic acids is 1. The molecule has 2 N–H and O–H groups in total. The molecule has 0 radical (unpaired) electrons. The van der Waals surface area contributed by atoms with Crippen molar-refractivity contribution in [2.45, 2.75) is 31.6 Å². The summed E-state index contributed by atoms with van der Waals surface area (Å²) in [4.78, 5) is 26.5. The predicted molar refractivity (Wildman–Crippen MR) is 115 cm³/mol. The number of methoxy groups -OCH3 is 1. The van der Waals surface area contributed by atoms with Crippen LogP contribution in [-0.2, 0) is 23.1 Å². The third-order valence-electron chi connectivity index (χ3n) is 5.50. The van der Waals surface area contributed by atoms with E-state index in [0.717, 1.165) is 41.2 Å². The molecule has 1 unspecified atom stereocenters. The Morgan fingerprint density at radius 2 is 2.10 bits per heavy atom. The molecule has 1 aliphatic rings. The van der Waals surface area contributed by atoms with E-state index in [2.05, 4.69) is 20.6 Å². The fraction of sp³-hybridized carbons (Fsp3) is 0.304. The average molecular weight is 403 g/mol. The lowest BCUT2D eigenvalue weighted by molar-refractivity contribution is -0.126. The zero-order chi connectivity index (χ0) is 21.0. The number of anilines is 2. The first-order valence-electron chi connectivity index (χ1n) is 10.0. The number of rotatable bonds is 7. The van der Waals surface area contributed by atoms with E-state index in [1.54, 1.807) is 13.3 Å². The van der Waals surface area contributed by atoms with Crippen molar-refractivity contribution >= 4 is 17.5 Å². The van der Waals surface area contributed by atoms with Crippen LogP contribution in [-0.4, -0.2) is 34.5 Å². The quantitative estimate of drug-likeness (QED) is 0.630. The largest absolute Gasteiger partial charge is 0.497 e. The molecule has 1 aliphatic carbocycles.